The maximum Gasteiger partial charge on any atom is 0.222 e. The first kappa shape index (κ1) is 25.9. The maximum absolute atomic E-state index is 12.8. The number of carbonyl (C=O) groups is 1. The lowest BCUT2D eigenvalue weighted by Crippen LogP contribution is -2.49. The van der Waals surface area contributed by atoms with E-state index in [0.717, 1.165) is 68.3 Å². The summed E-state index contributed by atoms with van der Waals surface area (Å²) in [6, 6.07) is 18.9. The lowest BCUT2D eigenvalue weighted by atomic mass is 10.0. The predicted octanol–water partition coefficient (Wildman–Crippen LogP) is 6.36. The van der Waals surface area contributed by atoms with E-state index in [9.17, 15) is 4.79 Å². The molecule has 5 nitrogen and oxygen atoms in total. The maximum atomic E-state index is 12.8. The Balaban J connectivity index is 1.52. The molecule has 0 bridgehead atoms. The molecule has 36 heavy (non-hydrogen) atoms. The molecule has 4 rings (SSSR count). The highest BCUT2D eigenvalue weighted by atomic mass is 16.2. The zero-order chi connectivity index (χ0) is 25.3. The van der Waals surface area contributed by atoms with Crippen molar-refractivity contribution in [3.63, 3.8) is 0 Å². The van der Waals surface area contributed by atoms with Gasteiger partial charge in [-0.15, -0.1) is 0 Å². The smallest absolute Gasteiger partial charge is 0.222 e. The van der Waals surface area contributed by atoms with Crippen LogP contribution < -0.4 is 4.90 Å². The number of hydrogen-bond acceptors (Lipinski definition) is 4. The van der Waals surface area contributed by atoms with Gasteiger partial charge in [-0.3, -0.25) is 4.79 Å². The van der Waals surface area contributed by atoms with Crippen molar-refractivity contribution in [1.82, 2.24) is 14.9 Å². The summed E-state index contributed by atoms with van der Waals surface area (Å²) in [6.07, 6.45) is 7.37. The van der Waals surface area contributed by atoms with Gasteiger partial charge in [-0.25, -0.2) is 9.97 Å². The van der Waals surface area contributed by atoms with Crippen LogP contribution in [0.15, 0.2) is 54.6 Å². The third-order valence-corrected chi connectivity index (χ3v) is 7.12. The zero-order valence-electron chi connectivity index (χ0n) is 22.2. The molecule has 0 radical (unpaired) electrons. The van der Waals surface area contributed by atoms with E-state index in [1.165, 1.54) is 36.0 Å². The molecular weight excluding hydrogens is 444 g/mol. The van der Waals surface area contributed by atoms with Gasteiger partial charge in [-0.05, 0) is 31.9 Å². The van der Waals surface area contributed by atoms with Gasteiger partial charge in [0.25, 0.3) is 0 Å². The number of piperazine rings is 1. The molecule has 0 N–H and O–H groups in total. The Bertz CT molecular complexity index is 1140. The molecule has 1 aromatic heterocycles. The van der Waals surface area contributed by atoms with Crippen molar-refractivity contribution in [2.24, 2.45) is 0 Å². The number of carbonyl (C=O) groups excluding carboxylic acids is 1. The van der Waals surface area contributed by atoms with Gasteiger partial charge in [-0.2, -0.15) is 0 Å². The fourth-order valence-corrected chi connectivity index (χ4v) is 4.97. The van der Waals surface area contributed by atoms with Crippen LogP contribution in [0.4, 0.5) is 5.82 Å². The molecule has 1 aliphatic heterocycles. The van der Waals surface area contributed by atoms with Gasteiger partial charge >= 0.3 is 0 Å². The van der Waals surface area contributed by atoms with Crippen molar-refractivity contribution in [2.45, 2.75) is 65.7 Å². The van der Waals surface area contributed by atoms with Crippen LogP contribution in [0.25, 0.3) is 11.4 Å². The number of unbranched alkanes of at least 4 members (excludes halogenated alkanes) is 4. The highest BCUT2D eigenvalue weighted by molar-refractivity contribution is 5.76. The minimum absolute atomic E-state index is 0.301. The van der Waals surface area contributed by atoms with E-state index < -0.39 is 0 Å². The van der Waals surface area contributed by atoms with Gasteiger partial charge in [0.05, 0.1) is 0 Å². The van der Waals surface area contributed by atoms with Crippen LogP contribution in [-0.2, 0) is 11.2 Å². The van der Waals surface area contributed by atoms with Crippen LogP contribution in [0.5, 0.6) is 0 Å². The van der Waals surface area contributed by atoms with E-state index in [1.807, 2.05) is 4.90 Å². The highest BCUT2D eigenvalue weighted by Crippen LogP contribution is 2.28. The third-order valence-electron chi connectivity index (χ3n) is 7.12. The Hall–Kier alpha value is -3.21. The Morgan fingerprint density at radius 1 is 0.861 bits per heavy atom. The molecule has 3 aromatic rings. The average Bonchev–Trinajstić information content (AvgIpc) is 2.90. The lowest BCUT2D eigenvalue weighted by Gasteiger charge is -2.36. The Morgan fingerprint density at radius 2 is 1.61 bits per heavy atom. The van der Waals surface area contributed by atoms with Crippen molar-refractivity contribution < 1.29 is 4.79 Å². The van der Waals surface area contributed by atoms with Crippen molar-refractivity contribution >= 4 is 11.7 Å². The van der Waals surface area contributed by atoms with Gasteiger partial charge in [0.15, 0.2) is 5.82 Å². The van der Waals surface area contributed by atoms with Gasteiger partial charge in [0, 0.05) is 55.8 Å². The first-order valence-corrected chi connectivity index (χ1v) is 13.6. The number of anilines is 1. The van der Waals surface area contributed by atoms with Crippen molar-refractivity contribution in [3.8, 4) is 11.4 Å². The van der Waals surface area contributed by atoms with Gasteiger partial charge in [0.2, 0.25) is 5.91 Å². The van der Waals surface area contributed by atoms with Crippen LogP contribution in [0.1, 0.15) is 67.8 Å². The normalized spacial score (nSPS) is 13.8. The number of benzene rings is 2. The molecule has 2 aromatic carbocycles. The number of hydrogen-bond donors (Lipinski definition) is 0. The molecule has 0 unspecified atom stereocenters. The number of aromatic nitrogens is 2. The standard InChI is InChI=1S/C31H40N4O/c1-4-5-6-7-11-17-29(36)34-18-20-35(21-19-34)31-28(23-26-14-9-8-10-15-26)25(3)32-30(33-31)27-16-12-13-24(2)22-27/h8-10,12-16,22H,4-7,11,17-21,23H2,1-3H3. The number of aryl methyl sites for hydroxylation is 2. The highest BCUT2D eigenvalue weighted by Gasteiger charge is 2.25. The molecule has 0 saturated carbocycles. The average molecular weight is 485 g/mol. The molecule has 0 atom stereocenters. The zero-order valence-corrected chi connectivity index (χ0v) is 22.2. The van der Waals surface area contributed by atoms with Crippen molar-refractivity contribution in [1.29, 1.82) is 0 Å². The van der Waals surface area contributed by atoms with Crippen LogP contribution in [0.3, 0.4) is 0 Å². The van der Waals surface area contributed by atoms with E-state index in [-0.39, 0.29) is 0 Å². The Labute approximate surface area is 216 Å². The topological polar surface area (TPSA) is 49.3 Å². The van der Waals surface area contributed by atoms with E-state index in [1.54, 1.807) is 0 Å². The first-order valence-electron chi connectivity index (χ1n) is 13.6. The minimum atomic E-state index is 0.301. The fraction of sp³-hybridized carbons (Fsp3) is 0.452. The fourth-order valence-electron chi connectivity index (χ4n) is 4.97. The van der Waals surface area contributed by atoms with Crippen molar-refractivity contribution in [2.75, 3.05) is 31.1 Å². The first-order chi connectivity index (χ1) is 17.5. The van der Waals surface area contributed by atoms with Gasteiger partial charge in [-0.1, -0.05) is 86.7 Å². The second-order valence-corrected chi connectivity index (χ2v) is 10.00. The number of amides is 1. The molecule has 5 heteroatoms. The van der Waals surface area contributed by atoms with E-state index in [0.29, 0.717) is 12.3 Å². The van der Waals surface area contributed by atoms with Gasteiger partial charge in [0.1, 0.15) is 5.82 Å². The predicted molar refractivity (Wildman–Crippen MR) is 148 cm³/mol. The van der Waals surface area contributed by atoms with Gasteiger partial charge < -0.3 is 9.80 Å². The monoisotopic (exact) mass is 484 g/mol. The van der Waals surface area contributed by atoms with Crippen LogP contribution in [0.2, 0.25) is 0 Å². The van der Waals surface area contributed by atoms with E-state index in [4.69, 9.17) is 9.97 Å². The summed E-state index contributed by atoms with van der Waals surface area (Å²) >= 11 is 0. The van der Waals surface area contributed by atoms with Crippen molar-refractivity contribution in [3.05, 3.63) is 77.0 Å². The molecular formula is C31H40N4O. The largest absolute Gasteiger partial charge is 0.353 e. The SMILES string of the molecule is CCCCCCCC(=O)N1CCN(c2nc(-c3cccc(C)c3)nc(C)c2Cc2ccccc2)CC1. The second-order valence-electron chi connectivity index (χ2n) is 10.00. The van der Waals surface area contributed by atoms with E-state index >= 15 is 0 Å². The van der Waals surface area contributed by atoms with Crippen LogP contribution in [0, 0.1) is 13.8 Å². The molecule has 1 saturated heterocycles. The van der Waals surface area contributed by atoms with Crippen LogP contribution in [-0.4, -0.2) is 47.0 Å². The molecule has 190 valence electrons. The Kier molecular flexibility index (Phi) is 9.10. The quantitative estimate of drug-likeness (QED) is 0.314. The van der Waals surface area contributed by atoms with E-state index in [2.05, 4.69) is 80.3 Å². The minimum Gasteiger partial charge on any atom is -0.353 e. The second kappa shape index (κ2) is 12.7. The third kappa shape index (κ3) is 6.71. The molecule has 0 spiro atoms. The summed E-state index contributed by atoms with van der Waals surface area (Å²) in [7, 11) is 0. The van der Waals surface area contributed by atoms with Crippen LogP contribution >= 0.6 is 0 Å². The summed E-state index contributed by atoms with van der Waals surface area (Å²) in [5.74, 6) is 2.08. The summed E-state index contributed by atoms with van der Waals surface area (Å²) in [6.45, 7) is 9.52. The summed E-state index contributed by atoms with van der Waals surface area (Å²) < 4.78 is 0. The molecule has 1 fully saturated rings. The summed E-state index contributed by atoms with van der Waals surface area (Å²) in [5, 5.41) is 0. The molecule has 2 heterocycles. The summed E-state index contributed by atoms with van der Waals surface area (Å²) in [5.41, 5.74) is 5.69. The number of nitrogens with zero attached hydrogens (tertiary/aromatic N) is 4. The Morgan fingerprint density at radius 3 is 2.33 bits per heavy atom. The molecule has 1 aliphatic rings. The number of rotatable bonds is 10. The lowest BCUT2D eigenvalue weighted by molar-refractivity contribution is -0.131. The summed E-state index contributed by atoms with van der Waals surface area (Å²) in [4.78, 5) is 27.2. The molecule has 1 amide bonds. The molecule has 0 aliphatic carbocycles.